The maximum Gasteiger partial charge on any atom is 0.340 e. The highest BCUT2D eigenvalue weighted by atomic mass is 127. The van der Waals surface area contributed by atoms with Crippen LogP contribution in [0.1, 0.15) is 34.2 Å². The van der Waals surface area contributed by atoms with Crippen molar-refractivity contribution in [2.75, 3.05) is 6.61 Å². The Balaban J connectivity index is 2.03. The standard InChI is InChI=1S/C27H24INO2/c1-3-31-27(30)25-19(2)29(23-16-14-22(28)15-17-23)24(18-20-10-6-4-7-11-20)26(25)21-12-8-5-9-13-21/h4-17H,3,18H2,1-2H3. The fourth-order valence-electron chi connectivity index (χ4n) is 4.02. The Kier molecular flexibility index (Phi) is 6.56. The van der Waals surface area contributed by atoms with Gasteiger partial charge in [-0.05, 0) is 71.8 Å². The molecule has 0 bridgehead atoms. The molecule has 3 nitrogen and oxygen atoms in total. The van der Waals surface area contributed by atoms with Crippen LogP contribution in [0.3, 0.4) is 0 Å². The van der Waals surface area contributed by atoms with Gasteiger partial charge in [-0.3, -0.25) is 0 Å². The van der Waals surface area contributed by atoms with Crippen molar-refractivity contribution in [3.05, 3.63) is 111 Å². The van der Waals surface area contributed by atoms with Gasteiger partial charge in [0.2, 0.25) is 0 Å². The summed E-state index contributed by atoms with van der Waals surface area (Å²) in [5.41, 5.74) is 6.81. The number of esters is 1. The van der Waals surface area contributed by atoms with Gasteiger partial charge in [-0.2, -0.15) is 0 Å². The SMILES string of the molecule is CCOC(=O)c1c(-c2ccccc2)c(Cc2ccccc2)n(-c2ccc(I)cc2)c1C. The number of rotatable bonds is 6. The largest absolute Gasteiger partial charge is 0.462 e. The first-order valence-corrected chi connectivity index (χ1v) is 11.4. The van der Waals surface area contributed by atoms with Gasteiger partial charge in [0.05, 0.1) is 12.2 Å². The number of halogens is 1. The van der Waals surface area contributed by atoms with Crippen molar-refractivity contribution in [1.82, 2.24) is 4.57 Å². The van der Waals surface area contributed by atoms with E-state index in [9.17, 15) is 4.79 Å². The van der Waals surface area contributed by atoms with Crippen LogP contribution in [0.4, 0.5) is 0 Å². The van der Waals surface area contributed by atoms with Crippen LogP contribution in [-0.2, 0) is 11.2 Å². The summed E-state index contributed by atoms with van der Waals surface area (Å²) in [5, 5.41) is 0. The van der Waals surface area contributed by atoms with E-state index in [0.717, 1.165) is 28.2 Å². The molecule has 0 atom stereocenters. The van der Waals surface area contributed by atoms with E-state index in [1.54, 1.807) is 0 Å². The lowest BCUT2D eigenvalue weighted by molar-refractivity contribution is 0.0526. The monoisotopic (exact) mass is 521 g/mol. The fraction of sp³-hybridized carbons (Fsp3) is 0.148. The van der Waals surface area contributed by atoms with Crippen molar-refractivity contribution in [2.24, 2.45) is 0 Å². The zero-order valence-electron chi connectivity index (χ0n) is 17.6. The fourth-order valence-corrected chi connectivity index (χ4v) is 4.38. The smallest absolute Gasteiger partial charge is 0.340 e. The Bertz CT molecular complexity index is 1180. The third-order valence-electron chi connectivity index (χ3n) is 5.35. The molecule has 0 N–H and O–H groups in total. The number of hydrogen-bond donors (Lipinski definition) is 0. The van der Waals surface area contributed by atoms with Crippen LogP contribution in [0.5, 0.6) is 0 Å². The first-order chi connectivity index (χ1) is 15.1. The minimum Gasteiger partial charge on any atom is -0.462 e. The zero-order chi connectivity index (χ0) is 21.8. The summed E-state index contributed by atoms with van der Waals surface area (Å²) in [6.45, 7) is 4.19. The predicted octanol–water partition coefficient (Wildman–Crippen LogP) is 6.82. The Labute approximate surface area is 196 Å². The first-order valence-electron chi connectivity index (χ1n) is 10.4. The van der Waals surface area contributed by atoms with E-state index < -0.39 is 0 Å². The van der Waals surface area contributed by atoms with Gasteiger partial charge in [-0.25, -0.2) is 4.79 Å². The summed E-state index contributed by atoms with van der Waals surface area (Å²) in [5.74, 6) is -0.280. The number of ether oxygens (including phenoxy) is 1. The number of aromatic nitrogens is 1. The van der Waals surface area contributed by atoms with Crippen molar-refractivity contribution >= 4 is 28.6 Å². The molecule has 0 saturated heterocycles. The summed E-state index contributed by atoms with van der Waals surface area (Å²) in [7, 11) is 0. The lowest BCUT2D eigenvalue weighted by Crippen LogP contribution is -2.07. The molecule has 0 aliphatic rings. The minimum absolute atomic E-state index is 0.280. The second kappa shape index (κ2) is 9.52. The van der Waals surface area contributed by atoms with E-state index in [4.69, 9.17) is 4.74 Å². The number of carbonyl (C=O) groups excluding carboxylic acids is 1. The van der Waals surface area contributed by atoms with Crippen LogP contribution in [0, 0.1) is 10.5 Å². The Hall–Kier alpha value is -2.86. The molecule has 4 rings (SSSR count). The Morgan fingerprint density at radius 2 is 1.52 bits per heavy atom. The van der Waals surface area contributed by atoms with Gasteiger partial charge in [0.25, 0.3) is 0 Å². The molecule has 1 heterocycles. The molecule has 31 heavy (non-hydrogen) atoms. The van der Waals surface area contributed by atoms with Gasteiger partial charge in [0.15, 0.2) is 0 Å². The number of benzene rings is 3. The van der Waals surface area contributed by atoms with Crippen LogP contribution < -0.4 is 0 Å². The number of nitrogens with zero attached hydrogens (tertiary/aromatic N) is 1. The third-order valence-corrected chi connectivity index (χ3v) is 6.07. The van der Waals surface area contributed by atoms with E-state index >= 15 is 0 Å². The molecule has 0 unspecified atom stereocenters. The van der Waals surface area contributed by atoms with E-state index in [1.807, 2.05) is 38.1 Å². The average molecular weight is 521 g/mol. The van der Waals surface area contributed by atoms with Crippen molar-refractivity contribution in [1.29, 1.82) is 0 Å². The molecule has 156 valence electrons. The van der Waals surface area contributed by atoms with Crippen LogP contribution in [0.15, 0.2) is 84.9 Å². The highest BCUT2D eigenvalue weighted by Crippen LogP contribution is 2.37. The van der Waals surface area contributed by atoms with Gasteiger partial charge in [0.1, 0.15) is 0 Å². The Morgan fingerprint density at radius 3 is 2.13 bits per heavy atom. The average Bonchev–Trinajstić information content (AvgIpc) is 3.07. The normalized spacial score (nSPS) is 10.8. The van der Waals surface area contributed by atoms with Crippen molar-refractivity contribution in [3.63, 3.8) is 0 Å². The van der Waals surface area contributed by atoms with E-state index in [0.29, 0.717) is 18.6 Å². The van der Waals surface area contributed by atoms with Crippen molar-refractivity contribution in [3.8, 4) is 16.8 Å². The molecule has 0 saturated carbocycles. The van der Waals surface area contributed by atoms with E-state index in [1.165, 1.54) is 9.13 Å². The molecule has 0 fully saturated rings. The molecular formula is C27H24INO2. The second-order valence-corrected chi connectivity index (χ2v) is 8.59. The summed E-state index contributed by atoms with van der Waals surface area (Å²) in [6, 6.07) is 28.9. The summed E-state index contributed by atoms with van der Waals surface area (Å²) < 4.78 is 8.87. The van der Waals surface area contributed by atoms with Gasteiger partial charge < -0.3 is 9.30 Å². The van der Waals surface area contributed by atoms with Gasteiger partial charge in [-0.15, -0.1) is 0 Å². The van der Waals surface area contributed by atoms with E-state index in [-0.39, 0.29) is 5.97 Å². The summed E-state index contributed by atoms with van der Waals surface area (Å²) in [6.07, 6.45) is 0.706. The van der Waals surface area contributed by atoms with Gasteiger partial charge in [0, 0.05) is 32.6 Å². The highest BCUT2D eigenvalue weighted by molar-refractivity contribution is 14.1. The molecule has 1 aromatic heterocycles. The third kappa shape index (κ3) is 4.44. The van der Waals surface area contributed by atoms with Crippen LogP contribution >= 0.6 is 22.6 Å². The molecule has 4 heteroatoms. The minimum atomic E-state index is -0.280. The van der Waals surface area contributed by atoms with E-state index in [2.05, 4.69) is 87.8 Å². The molecule has 4 aromatic rings. The molecule has 0 aliphatic heterocycles. The maximum absolute atomic E-state index is 13.1. The van der Waals surface area contributed by atoms with Crippen LogP contribution in [0.25, 0.3) is 16.8 Å². The molecule has 3 aromatic carbocycles. The lowest BCUT2D eigenvalue weighted by Gasteiger charge is -2.14. The van der Waals surface area contributed by atoms with Crippen LogP contribution in [0.2, 0.25) is 0 Å². The molecule has 0 aliphatic carbocycles. The highest BCUT2D eigenvalue weighted by Gasteiger charge is 2.27. The predicted molar refractivity (Wildman–Crippen MR) is 134 cm³/mol. The van der Waals surface area contributed by atoms with Gasteiger partial charge >= 0.3 is 5.97 Å². The van der Waals surface area contributed by atoms with Gasteiger partial charge in [-0.1, -0.05) is 60.7 Å². The maximum atomic E-state index is 13.1. The number of carbonyl (C=O) groups is 1. The second-order valence-electron chi connectivity index (χ2n) is 7.34. The van der Waals surface area contributed by atoms with Crippen molar-refractivity contribution in [2.45, 2.75) is 20.3 Å². The van der Waals surface area contributed by atoms with Crippen LogP contribution in [-0.4, -0.2) is 17.1 Å². The summed E-state index contributed by atoms with van der Waals surface area (Å²) >= 11 is 2.31. The number of hydrogen-bond acceptors (Lipinski definition) is 2. The first kappa shape index (κ1) is 21.4. The molecular weight excluding hydrogens is 497 g/mol. The topological polar surface area (TPSA) is 31.2 Å². The molecule has 0 amide bonds. The molecule has 0 spiro atoms. The molecule has 0 radical (unpaired) electrons. The van der Waals surface area contributed by atoms with Crippen molar-refractivity contribution < 1.29 is 9.53 Å². The quantitative estimate of drug-likeness (QED) is 0.206. The summed E-state index contributed by atoms with van der Waals surface area (Å²) in [4.78, 5) is 13.1. The lowest BCUT2D eigenvalue weighted by atomic mass is 9.97. The zero-order valence-corrected chi connectivity index (χ0v) is 19.8. The Morgan fingerprint density at radius 1 is 0.903 bits per heavy atom.